The summed E-state index contributed by atoms with van der Waals surface area (Å²) in [4.78, 5) is 0.363. The van der Waals surface area contributed by atoms with Gasteiger partial charge in [-0.25, -0.2) is 0 Å². The molecule has 0 aliphatic carbocycles. The van der Waals surface area contributed by atoms with Gasteiger partial charge in [0.25, 0.3) is 0 Å². The van der Waals surface area contributed by atoms with Crippen molar-refractivity contribution in [2.75, 3.05) is 7.11 Å². The van der Waals surface area contributed by atoms with E-state index in [2.05, 4.69) is 0 Å². The molecular weight excluding hydrogens is 286 g/mol. The van der Waals surface area contributed by atoms with Crippen molar-refractivity contribution in [3.05, 3.63) is 59.2 Å². The van der Waals surface area contributed by atoms with Gasteiger partial charge < -0.3 is 20.3 Å². The number of rotatable bonds is 6. The zero-order valence-corrected chi connectivity index (χ0v) is 12.5. The molecule has 21 heavy (non-hydrogen) atoms. The average molecular weight is 303 g/mol. The molecule has 0 heterocycles. The smallest absolute Gasteiger partial charge is 0.161 e. The summed E-state index contributed by atoms with van der Waals surface area (Å²) in [5.74, 6) is 1.21. The molecule has 5 heteroatoms. The summed E-state index contributed by atoms with van der Waals surface area (Å²) < 4.78 is 11.0. The first kappa shape index (κ1) is 15.3. The molecule has 2 aromatic carbocycles. The van der Waals surface area contributed by atoms with Crippen molar-refractivity contribution in [1.29, 1.82) is 0 Å². The number of benzene rings is 2. The van der Waals surface area contributed by atoms with Gasteiger partial charge in [-0.3, -0.25) is 0 Å². The quantitative estimate of drug-likeness (QED) is 0.802. The van der Waals surface area contributed by atoms with Crippen LogP contribution in [-0.4, -0.2) is 17.2 Å². The van der Waals surface area contributed by atoms with Crippen molar-refractivity contribution in [3.8, 4) is 11.5 Å². The molecule has 0 atom stereocenters. The molecule has 0 bridgehead atoms. The normalized spacial score (nSPS) is 10.2. The lowest BCUT2D eigenvalue weighted by Crippen LogP contribution is -2.09. The summed E-state index contributed by atoms with van der Waals surface area (Å²) in [7, 11) is 1.57. The number of aliphatic hydroxyl groups excluding tert-OH is 1. The fraction of sp³-hybridized carbons (Fsp3) is 0.188. The number of hydrogen-bond donors (Lipinski definition) is 2. The van der Waals surface area contributed by atoms with Crippen LogP contribution in [-0.2, 0) is 13.2 Å². The summed E-state index contributed by atoms with van der Waals surface area (Å²) in [6.45, 7) is 0.345. The molecule has 0 aromatic heterocycles. The largest absolute Gasteiger partial charge is 0.493 e. The van der Waals surface area contributed by atoms with E-state index < -0.39 is 0 Å². The Morgan fingerprint density at radius 2 is 1.95 bits per heavy atom. The molecule has 2 rings (SSSR count). The summed E-state index contributed by atoms with van der Waals surface area (Å²) in [5, 5.41) is 9.12. The van der Waals surface area contributed by atoms with Crippen LogP contribution in [0, 0.1) is 0 Å². The third-order valence-electron chi connectivity index (χ3n) is 3.02. The number of ether oxygens (including phenoxy) is 2. The fourth-order valence-corrected chi connectivity index (χ4v) is 2.03. The molecule has 4 nitrogen and oxygen atoms in total. The molecule has 0 saturated heterocycles. The maximum absolute atomic E-state index is 9.12. The Morgan fingerprint density at radius 3 is 2.62 bits per heavy atom. The standard InChI is InChI=1S/C16H17NO3S/c1-19-15-8-11(9-18)5-6-14(15)20-10-12-3-2-4-13(7-12)16(17)21/h2-8,18H,9-10H2,1H3,(H2,17,21). The van der Waals surface area contributed by atoms with E-state index in [0.717, 1.165) is 16.7 Å². The third kappa shape index (κ3) is 3.93. The molecule has 0 fully saturated rings. The zero-order chi connectivity index (χ0) is 15.2. The predicted molar refractivity (Wildman–Crippen MR) is 85.6 cm³/mol. The lowest BCUT2D eigenvalue weighted by atomic mass is 10.1. The van der Waals surface area contributed by atoms with Gasteiger partial charge in [0.2, 0.25) is 0 Å². The summed E-state index contributed by atoms with van der Waals surface area (Å²) in [6, 6.07) is 12.9. The molecule has 0 spiro atoms. The Labute approximate surface area is 129 Å². The molecule has 0 amide bonds. The van der Waals surface area contributed by atoms with E-state index in [1.54, 1.807) is 25.3 Å². The van der Waals surface area contributed by atoms with Crippen LogP contribution in [0.2, 0.25) is 0 Å². The van der Waals surface area contributed by atoms with Gasteiger partial charge in [-0.15, -0.1) is 0 Å². The molecule has 0 saturated carbocycles. The van der Waals surface area contributed by atoms with Crippen LogP contribution in [0.3, 0.4) is 0 Å². The molecule has 110 valence electrons. The highest BCUT2D eigenvalue weighted by Gasteiger charge is 2.06. The van der Waals surface area contributed by atoms with E-state index >= 15 is 0 Å². The highest BCUT2D eigenvalue weighted by atomic mass is 32.1. The molecule has 0 radical (unpaired) electrons. The number of methoxy groups -OCH3 is 1. The fourth-order valence-electron chi connectivity index (χ4n) is 1.91. The van der Waals surface area contributed by atoms with Crippen molar-refractivity contribution in [2.24, 2.45) is 5.73 Å². The molecular formula is C16H17NO3S. The molecule has 3 N–H and O–H groups in total. The van der Waals surface area contributed by atoms with Crippen LogP contribution in [0.1, 0.15) is 16.7 Å². The first-order valence-electron chi connectivity index (χ1n) is 6.43. The van der Waals surface area contributed by atoms with E-state index in [4.69, 9.17) is 32.5 Å². The second-order valence-corrected chi connectivity index (χ2v) is 4.94. The summed E-state index contributed by atoms with van der Waals surface area (Å²) in [6.07, 6.45) is 0. The Morgan fingerprint density at radius 1 is 1.14 bits per heavy atom. The topological polar surface area (TPSA) is 64.7 Å². The maximum atomic E-state index is 9.12. The highest BCUT2D eigenvalue weighted by molar-refractivity contribution is 7.80. The number of aliphatic hydroxyl groups is 1. The van der Waals surface area contributed by atoms with E-state index in [0.29, 0.717) is 23.1 Å². The van der Waals surface area contributed by atoms with E-state index in [9.17, 15) is 0 Å². The summed E-state index contributed by atoms with van der Waals surface area (Å²) >= 11 is 4.96. The maximum Gasteiger partial charge on any atom is 0.161 e. The minimum absolute atomic E-state index is 0.0351. The van der Waals surface area contributed by atoms with Gasteiger partial charge in [0.1, 0.15) is 11.6 Å². The van der Waals surface area contributed by atoms with Gasteiger partial charge in [-0.2, -0.15) is 0 Å². The minimum Gasteiger partial charge on any atom is -0.493 e. The van der Waals surface area contributed by atoms with Crippen molar-refractivity contribution in [2.45, 2.75) is 13.2 Å². The number of thiocarbonyl (C=S) groups is 1. The molecule has 0 aliphatic rings. The first-order valence-corrected chi connectivity index (χ1v) is 6.84. The van der Waals surface area contributed by atoms with Crippen molar-refractivity contribution in [3.63, 3.8) is 0 Å². The lowest BCUT2D eigenvalue weighted by molar-refractivity contribution is 0.274. The second-order valence-electron chi connectivity index (χ2n) is 4.50. The second kappa shape index (κ2) is 7.06. The Balaban J connectivity index is 2.12. The van der Waals surface area contributed by atoms with E-state index in [-0.39, 0.29) is 6.61 Å². The Hall–Kier alpha value is -2.11. The van der Waals surface area contributed by atoms with Gasteiger partial charge in [0.05, 0.1) is 13.7 Å². The predicted octanol–water partition coefficient (Wildman–Crippen LogP) is 2.40. The van der Waals surface area contributed by atoms with E-state index in [1.165, 1.54) is 0 Å². The number of nitrogens with two attached hydrogens (primary N) is 1. The van der Waals surface area contributed by atoms with Crippen molar-refractivity contribution >= 4 is 17.2 Å². The van der Waals surface area contributed by atoms with Crippen molar-refractivity contribution in [1.82, 2.24) is 0 Å². The van der Waals surface area contributed by atoms with Crippen LogP contribution in [0.25, 0.3) is 0 Å². The average Bonchev–Trinajstić information content (AvgIpc) is 2.53. The van der Waals surface area contributed by atoms with Crippen LogP contribution in [0.4, 0.5) is 0 Å². The van der Waals surface area contributed by atoms with Crippen LogP contribution < -0.4 is 15.2 Å². The van der Waals surface area contributed by atoms with E-state index in [1.807, 2.05) is 24.3 Å². The van der Waals surface area contributed by atoms with Gasteiger partial charge in [0.15, 0.2) is 11.5 Å². The SMILES string of the molecule is COc1cc(CO)ccc1OCc1cccc(C(N)=S)c1. The monoisotopic (exact) mass is 303 g/mol. The van der Waals surface area contributed by atoms with Gasteiger partial charge in [0, 0.05) is 5.56 Å². The number of hydrogen-bond acceptors (Lipinski definition) is 4. The molecule has 0 unspecified atom stereocenters. The Kier molecular flexibility index (Phi) is 5.14. The molecule has 0 aliphatic heterocycles. The highest BCUT2D eigenvalue weighted by Crippen LogP contribution is 2.28. The van der Waals surface area contributed by atoms with Crippen LogP contribution >= 0.6 is 12.2 Å². The molecule has 2 aromatic rings. The Bertz CT molecular complexity index is 643. The third-order valence-corrected chi connectivity index (χ3v) is 3.25. The lowest BCUT2D eigenvalue weighted by Gasteiger charge is -2.12. The van der Waals surface area contributed by atoms with Crippen LogP contribution in [0.5, 0.6) is 11.5 Å². The van der Waals surface area contributed by atoms with Gasteiger partial charge in [-0.05, 0) is 29.3 Å². The van der Waals surface area contributed by atoms with Gasteiger partial charge in [-0.1, -0.05) is 36.5 Å². The summed E-state index contributed by atoms with van der Waals surface area (Å²) in [5.41, 5.74) is 8.17. The van der Waals surface area contributed by atoms with Crippen molar-refractivity contribution < 1.29 is 14.6 Å². The minimum atomic E-state index is -0.0351. The van der Waals surface area contributed by atoms with Gasteiger partial charge >= 0.3 is 0 Å². The zero-order valence-electron chi connectivity index (χ0n) is 11.7. The van der Waals surface area contributed by atoms with Crippen LogP contribution in [0.15, 0.2) is 42.5 Å². The first-order chi connectivity index (χ1) is 10.1.